The number of nitrogens with zero attached hydrogens (tertiary/aromatic N) is 2. The topological polar surface area (TPSA) is 64.7 Å². The summed E-state index contributed by atoms with van der Waals surface area (Å²) in [6.07, 6.45) is 6.32. The Morgan fingerprint density at radius 1 is 1.23 bits per heavy atom. The van der Waals surface area contributed by atoms with E-state index >= 15 is 0 Å². The third-order valence-electron chi connectivity index (χ3n) is 4.63. The number of rotatable bonds is 5. The van der Waals surface area contributed by atoms with E-state index in [0.717, 1.165) is 25.9 Å². The summed E-state index contributed by atoms with van der Waals surface area (Å²) in [6, 6.07) is 0.183. The lowest BCUT2D eigenvalue weighted by Crippen LogP contribution is -2.57. The van der Waals surface area contributed by atoms with Crippen LogP contribution in [-0.2, 0) is 4.79 Å². The minimum atomic E-state index is -0.126. The van der Waals surface area contributed by atoms with Crippen molar-refractivity contribution in [1.29, 1.82) is 0 Å². The van der Waals surface area contributed by atoms with E-state index < -0.39 is 0 Å². The first kappa shape index (κ1) is 16.8. The Labute approximate surface area is 132 Å². The third kappa shape index (κ3) is 4.47. The van der Waals surface area contributed by atoms with Gasteiger partial charge in [-0.1, -0.05) is 18.9 Å². The van der Waals surface area contributed by atoms with Crippen LogP contribution in [0.15, 0.2) is 12.7 Å². The fourth-order valence-corrected chi connectivity index (χ4v) is 3.14. The van der Waals surface area contributed by atoms with Gasteiger partial charge in [0, 0.05) is 38.8 Å². The number of amides is 3. The van der Waals surface area contributed by atoms with Crippen molar-refractivity contribution < 1.29 is 9.59 Å². The Kier molecular flexibility index (Phi) is 6.24. The first-order valence-electron chi connectivity index (χ1n) is 8.30. The van der Waals surface area contributed by atoms with Crippen LogP contribution in [-0.4, -0.2) is 66.5 Å². The predicted molar refractivity (Wildman–Crippen MR) is 86.6 cm³/mol. The van der Waals surface area contributed by atoms with Gasteiger partial charge in [-0.2, -0.15) is 0 Å². The largest absolute Gasteiger partial charge is 0.352 e. The van der Waals surface area contributed by atoms with Crippen LogP contribution >= 0.6 is 0 Å². The molecule has 1 saturated heterocycles. The molecule has 0 radical (unpaired) electrons. The van der Waals surface area contributed by atoms with Gasteiger partial charge >= 0.3 is 6.03 Å². The second kappa shape index (κ2) is 8.17. The molecule has 0 bridgehead atoms. The molecule has 1 saturated carbocycles. The van der Waals surface area contributed by atoms with Crippen molar-refractivity contribution in [2.24, 2.45) is 0 Å². The van der Waals surface area contributed by atoms with Gasteiger partial charge in [0.1, 0.15) is 0 Å². The average Bonchev–Trinajstić information content (AvgIpc) is 3.05. The zero-order valence-corrected chi connectivity index (χ0v) is 13.5. The van der Waals surface area contributed by atoms with Crippen molar-refractivity contribution in [3.63, 3.8) is 0 Å². The molecule has 3 amide bonds. The van der Waals surface area contributed by atoms with Crippen molar-refractivity contribution in [1.82, 2.24) is 20.4 Å². The second-order valence-electron chi connectivity index (χ2n) is 6.16. The average molecular weight is 308 g/mol. The molecule has 2 rings (SSSR count). The highest BCUT2D eigenvalue weighted by atomic mass is 16.2. The molecule has 6 heteroatoms. The molecule has 0 aromatic heterocycles. The summed E-state index contributed by atoms with van der Waals surface area (Å²) in [5.74, 6) is 0.122. The van der Waals surface area contributed by atoms with Crippen molar-refractivity contribution >= 4 is 11.9 Å². The molecule has 1 heterocycles. The number of nitrogens with one attached hydrogen (secondary N) is 2. The zero-order chi connectivity index (χ0) is 15.9. The summed E-state index contributed by atoms with van der Waals surface area (Å²) in [5.41, 5.74) is 0. The summed E-state index contributed by atoms with van der Waals surface area (Å²) in [7, 11) is 0. The highest BCUT2D eigenvalue weighted by Gasteiger charge is 2.28. The Balaban J connectivity index is 1.74. The maximum absolute atomic E-state index is 12.3. The number of hydrogen-bond acceptors (Lipinski definition) is 3. The van der Waals surface area contributed by atoms with Gasteiger partial charge in [-0.05, 0) is 19.8 Å². The van der Waals surface area contributed by atoms with Crippen LogP contribution in [0.3, 0.4) is 0 Å². The molecule has 0 aromatic carbocycles. The molecular weight excluding hydrogens is 280 g/mol. The predicted octanol–water partition coefficient (Wildman–Crippen LogP) is 0.947. The third-order valence-corrected chi connectivity index (χ3v) is 4.63. The molecule has 1 aliphatic carbocycles. The highest BCUT2D eigenvalue weighted by Crippen LogP contribution is 2.18. The van der Waals surface area contributed by atoms with E-state index in [1.54, 1.807) is 11.0 Å². The van der Waals surface area contributed by atoms with Gasteiger partial charge in [-0.3, -0.25) is 9.69 Å². The lowest BCUT2D eigenvalue weighted by molar-refractivity contribution is -0.127. The minimum Gasteiger partial charge on any atom is -0.352 e. The van der Waals surface area contributed by atoms with Gasteiger partial charge < -0.3 is 15.5 Å². The van der Waals surface area contributed by atoms with E-state index in [1.807, 2.05) is 6.92 Å². The first-order valence-corrected chi connectivity index (χ1v) is 8.30. The Bertz CT molecular complexity index is 399. The number of piperazine rings is 1. The SMILES string of the molecule is C=CCNC(=O)N1CCN([C@@H](C)C(=O)NC2CCCC2)CC1. The highest BCUT2D eigenvalue weighted by molar-refractivity contribution is 5.81. The van der Waals surface area contributed by atoms with E-state index in [2.05, 4.69) is 22.1 Å². The van der Waals surface area contributed by atoms with Gasteiger partial charge in [-0.15, -0.1) is 6.58 Å². The molecule has 0 spiro atoms. The lowest BCUT2D eigenvalue weighted by Gasteiger charge is -2.37. The first-order chi connectivity index (χ1) is 10.6. The van der Waals surface area contributed by atoms with Crippen LogP contribution < -0.4 is 10.6 Å². The molecule has 0 aromatic rings. The normalized spacial score (nSPS) is 21.4. The van der Waals surface area contributed by atoms with Crippen LogP contribution in [0.2, 0.25) is 0 Å². The Hall–Kier alpha value is -1.56. The van der Waals surface area contributed by atoms with Gasteiger partial charge in [0.05, 0.1) is 6.04 Å². The van der Waals surface area contributed by atoms with Crippen molar-refractivity contribution in [2.75, 3.05) is 32.7 Å². The van der Waals surface area contributed by atoms with Crippen LogP contribution in [0, 0.1) is 0 Å². The van der Waals surface area contributed by atoms with Crippen LogP contribution in [0.1, 0.15) is 32.6 Å². The molecule has 6 nitrogen and oxygen atoms in total. The van der Waals surface area contributed by atoms with Gasteiger partial charge in [0.15, 0.2) is 0 Å². The Morgan fingerprint density at radius 3 is 2.45 bits per heavy atom. The van der Waals surface area contributed by atoms with Gasteiger partial charge in [-0.25, -0.2) is 4.79 Å². The monoisotopic (exact) mass is 308 g/mol. The molecule has 124 valence electrons. The van der Waals surface area contributed by atoms with Crippen LogP contribution in [0.4, 0.5) is 4.79 Å². The molecule has 2 N–H and O–H groups in total. The molecule has 1 atom stereocenters. The summed E-state index contributed by atoms with van der Waals surface area (Å²) in [5, 5.41) is 5.94. The van der Waals surface area contributed by atoms with Gasteiger partial charge in [0.2, 0.25) is 5.91 Å². The fourth-order valence-electron chi connectivity index (χ4n) is 3.14. The molecule has 22 heavy (non-hydrogen) atoms. The molecule has 2 fully saturated rings. The van der Waals surface area contributed by atoms with Gasteiger partial charge in [0.25, 0.3) is 0 Å². The molecular formula is C16H28N4O2. The van der Waals surface area contributed by atoms with E-state index in [1.165, 1.54) is 12.8 Å². The smallest absolute Gasteiger partial charge is 0.317 e. The number of carbonyl (C=O) groups excluding carboxylic acids is 2. The lowest BCUT2D eigenvalue weighted by atomic mass is 10.2. The minimum absolute atomic E-state index is 0.0531. The Morgan fingerprint density at radius 2 is 1.86 bits per heavy atom. The fraction of sp³-hybridized carbons (Fsp3) is 0.750. The number of carbonyl (C=O) groups is 2. The maximum Gasteiger partial charge on any atom is 0.317 e. The van der Waals surface area contributed by atoms with Crippen LogP contribution in [0.25, 0.3) is 0 Å². The second-order valence-corrected chi connectivity index (χ2v) is 6.16. The maximum atomic E-state index is 12.3. The molecule has 0 unspecified atom stereocenters. The van der Waals surface area contributed by atoms with E-state index in [9.17, 15) is 9.59 Å². The number of urea groups is 1. The van der Waals surface area contributed by atoms with E-state index in [-0.39, 0.29) is 18.0 Å². The standard InChI is InChI=1S/C16H28N4O2/c1-3-8-17-16(22)20-11-9-19(10-12-20)13(2)15(21)18-14-6-4-5-7-14/h3,13-14H,1,4-12H2,2H3,(H,17,22)(H,18,21)/t13-/m0/s1. The number of hydrogen-bond donors (Lipinski definition) is 2. The molecule has 1 aliphatic heterocycles. The van der Waals surface area contributed by atoms with Crippen LogP contribution in [0.5, 0.6) is 0 Å². The summed E-state index contributed by atoms with van der Waals surface area (Å²) in [4.78, 5) is 28.1. The van der Waals surface area contributed by atoms with E-state index in [4.69, 9.17) is 0 Å². The van der Waals surface area contributed by atoms with Crippen molar-refractivity contribution in [3.05, 3.63) is 12.7 Å². The van der Waals surface area contributed by atoms with Crippen molar-refractivity contribution in [3.8, 4) is 0 Å². The summed E-state index contributed by atoms with van der Waals surface area (Å²) in [6.45, 7) is 8.82. The molecule has 2 aliphatic rings. The van der Waals surface area contributed by atoms with E-state index in [0.29, 0.717) is 25.7 Å². The summed E-state index contributed by atoms with van der Waals surface area (Å²) < 4.78 is 0. The quantitative estimate of drug-likeness (QED) is 0.743. The summed E-state index contributed by atoms with van der Waals surface area (Å²) >= 11 is 0. The van der Waals surface area contributed by atoms with Crippen molar-refractivity contribution in [2.45, 2.75) is 44.7 Å². The zero-order valence-electron chi connectivity index (χ0n) is 13.5.